The summed E-state index contributed by atoms with van der Waals surface area (Å²) in [6.07, 6.45) is -4.44. The monoisotopic (exact) mass is 499 g/mol. The molecule has 1 aliphatic rings. The number of methoxy groups -OCH3 is 1. The molecule has 0 unspecified atom stereocenters. The Kier molecular flexibility index (Phi) is 7.61. The number of piperazine rings is 1. The Morgan fingerprint density at radius 3 is 2.30 bits per heavy atom. The van der Waals surface area contributed by atoms with E-state index in [4.69, 9.17) is 40.1 Å². The number of thiocarbonyl (C=S) groups is 1. The summed E-state index contributed by atoms with van der Waals surface area (Å²) in [5.41, 5.74) is 7.46. The SMILES string of the molecule is COc1ccccc1N(N)/C(C(=S)N1CCN(c2ccc(C(F)(F)F)cc2Cl)CC1)=C(/C)N. The van der Waals surface area contributed by atoms with E-state index in [9.17, 15) is 13.2 Å². The van der Waals surface area contributed by atoms with E-state index >= 15 is 0 Å². The highest BCUT2D eigenvalue weighted by Gasteiger charge is 2.32. The molecule has 2 aromatic rings. The standard InChI is InChI=1S/C22H25ClF3N5OS/c1-14(27)20(31(28)18-5-3-4-6-19(18)32-2)21(33)30-11-9-29(10-12-30)17-8-7-15(13-16(17)23)22(24,25)26/h3-8,13H,9-12,27-28H2,1-2H3/b20-14-. The molecule has 1 aliphatic heterocycles. The molecule has 4 N–H and O–H groups in total. The zero-order valence-electron chi connectivity index (χ0n) is 18.2. The van der Waals surface area contributed by atoms with E-state index in [1.807, 2.05) is 21.9 Å². The lowest BCUT2D eigenvalue weighted by atomic mass is 10.1. The molecule has 33 heavy (non-hydrogen) atoms. The van der Waals surface area contributed by atoms with Gasteiger partial charge in [-0.15, -0.1) is 0 Å². The maximum atomic E-state index is 12.9. The van der Waals surface area contributed by atoms with Gasteiger partial charge in [0, 0.05) is 31.9 Å². The lowest BCUT2D eigenvalue weighted by Crippen LogP contribution is -2.51. The Morgan fingerprint density at radius 2 is 1.76 bits per heavy atom. The van der Waals surface area contributed by atoms with Crippen LogP contribution in [0, 0.1) is 0 Å². The third kappa shape index (κ3) is 5.45. The molecule has 0 aliphatic carbocycles. The minimum absolute atomic E-state index is 0.0588. The number of anilines is 2. The summed E-state index contributed by atoms with van der Waals surface area (Å²) in [6.45, 7) is 3.79. The predicted octanol–water partition coefficient (Wildman–Crippen LogP) is 4.39. The molecule has 0 amide bonds. The van der Waals surface area contributed by atoms with Gasteiger partial charge in [0.2, 0.25) is 0 Å². The van der Waals surface area contributed by atoms with Crippen molar-refractivity contribution in [3.8, 4) is 5.75 Å². The Balaban J connectivity index is 1.74. The number of nitrogens with zero attached hydrogens (tertiary/aromatic N) is 3. The molecule has 178 valence electrons. The lowest BCUT2D eigenvalue weighted by molar-refractivity contribution is -0.137. The summed E-state index contributed by atoms with van der Waals surface area (Å²) in [5, 5.41) is 1.47. The van der Waals surface area contributed by atoms with Gasteiger partial charge in [-0.1, -0.05) is 36.0 Å². The van der Waals surface area contributed by atoms with Gasteiger partial charge >= 0.3 is 6.18 Å². The number of para-hydroxylation sites is 2. The minimum Gasteiger partial charge on any atom is -0.495 e. The predicted molar refractivity (Wildman–Crippen MR) is 129 cm³/mol. The number of hydrogen-bond acceptors (Lipinski definition) is 6. The van der Waals surface area contributed by atoms with Crippen molar-refractivity contribution in [1.82, 2.24) is 4.90 Å². The lowest BCUT2D eigenvalue weighted by Gasteiger charge is -2.39. The van der Waals surface area contributed by atoms with Gasteiger partial charge in [-0.2, -0.15) is 13.2 Å². The average molecular weight is 500 g/mol. The van der Waals surface area contributed by atoms with Crippen molar-refractivity contribution in [2.45, 2.75) is 13.1 Å². The van der Waals surface area contributed by atoms with Gasteiger partial charge < -0.3 is 20.3 Å². The van der Waals surface area contributed by atoms with Crippen molar-refractivity contribution in [3.63, 3.8) is 0 Å². The molecular formula is C22H25ClF3N5OS. The smallest absolute Gasteiger partial charge is 0.416 e. The fraction of sp³-hybridized carbons (Fsp3) is 0.318. The Bertz CT molecular complexity index is 1050. The van der Waals surface area contributed by atoms with Crippen LogP contribution in [0.5, 0.6) is 5.75 Å². The molecule has 11 heteroatoms. The number of rotatable bonds is 5. The van der Waals surface area contributed by atoms with Gasteiger partial charge in [-0.3, -0.25) is 5.01 Å². The number of benzene rings is 2. The highest BCUT2D eigenvalue weighted by molar-refractivity contribution is 7.80. The van der Waals surface area contributed by atoms with Crippen molar-refractivity contribution in [2.24, 2.45) is 11.6 Å². The summed E-state index contributed by atoms with van der Waals surface area (Å²) < 4.78 is 44.2. The van der Waals surface area contributed by atoms with Crippen LogP contribution in [0.2, 0.25) is 5.02 Å². The van der Waals surface area contributed by atoms with Crippen LogP contribution in [-0.2, 0) is 6.18 Å². The summed E-state index contributed by atoms with van der Waals surface area (Å²) >= 11 is 11.9. The Morgan fingerprint density at radius 1 is 1.12 bits per heavy atom. The number of halogens is 4. The van der Waals surface area contributed by atoms with E-state index in [0.717, 1.165) is 12.1 Å². The van der Waals surface area contributed by atoms with Gasteiger partial charge in [-0.25, -0.2) is 5.84 Å². The molecular weight excluding hydrogens is 475 g/mol. The van der Waals surface area contributed by atoms with Crippen molar-refractivity contribution < 1.29 is 17.9 Å². The van der Waals surface area contributed by atoms with E-state index in [1.54, 1.807) is 26.2 Å². The summed E-state index contributed by atoms with van der Waals surface area (Å²) in [6, 6.07) is 10.6. The van der Waals surface area contributed by atoms with Crippen LogP contribution < -0.4 is 26.2 Å². The number of ether oxygens (including phenoxy) is 1. The molecule has 0 aromatic heterocycles. The molecule has 0 radical (unpaired) electrons. The Hall–Kier alpha value is -2.69. The average Bonchev–Trinajstić information content (AvgIpc) is 2.78. The van der Waals surface area contributed by atoms with Gasteiger partial charge in [0.1, 0.15) is 16.4 Å². The minimum atomic E-state index is -4.44. The van der Waals surface area contributed by atoms with Crippen LogP contribution in [-0.4, -0.2) is 43.2 Å². The molecule has 1 heterocycles. The second-order valence-corrected chi connectivity index (χ2v) is 8.31. The molecule has 1 saturated heterocycles. The molecule has 0 spiro atoms. The van der Waals surface area contributed by atoms with Crippen LogP contribution in [0.15, 0.2) is 53.9 Å². The van der Waals surface area contributed by atoms with Crippen molar-refractivity contribution in [3.05, 3.63) is 64.4 Å². The number of allylic oxidation sites excluding steroid dienone is 1. The van der Waals surface area contributed by atoms with Gasteiger partial charge in [0.25, 0.3) is 0 Å². The molecule has 0 saturated carbocycles. The first kappa shape index (κ1) is 24.9. The van der Waals surface area contributed by atoms with Crippen LogP contribution in [0.1, 0.15) is 12.5 Å². The van der Waals surface area contributed by atoms with Crippen LogP contribution in [0.4, 0.5) is 24.5 Å². The quantitative estimate of drug-likeness (QED) is 0.274. The third-order valence-corrected chi connectivity index (χ3v) is 6.10. The number of hydrazine groups is 1. The zero-order chi connectivity index (χ0) is 24.3. The summed E-state index contributed by atoms with van der Waals surface area (Å²) in [4.78, 5) is 4.37. The second-order valence-electron chi connectivity index (χ2n) is 7.52. The highest BCUT2D eigenvalue weighted by Crippen LogP contribution is 2.35. The summed E-state index contributed by atoms with van der Waals surface area (Å²) in [5.74, 6) is 6.97. The number of nitrogens with two attached hydrogens (primary N) is 2. The maximum Gasteiger partial charge on any atom is 0.416 e. The van der Waals surface area contributed by atoms with Gasteiger partial charge in [0.15, 0.2) is 0 Å². The molecule has 1 fully saturated rings. The van der Waals surface area contributed by atoms with E-state index < -0.39 is 11.7 Å². The molecule has 0 bridgehead atoms. The van der Waals surface area contributed by atoms with Crippen LogP contribution in [0.25, 0.3) is 0 Å². The first-order valence-corrected chi connectivity index (χ1v) is 10.9. The fourth-order valence-corrected chi connectivity index (χ4v) is 4.39. The van der Waals surface area contributed by atoms with E-state index in [-0.39, 0.29) is 5.02 Å². The first-order chi connectivity index (χ1) is 15.5. The topological polar surface area (TPSA) is 71.0 Å². The molecule has 2 aromatic carbocycles. The normalized spacial score (nSPS) is 15.2. The van der Waals surface area contributed by atoms with Gasteiger partial charge in [-0.05, 0) is 37.3 Å². The van der Waals surface area contributed by atoms with Crippen molar-refractivity contribution >= 4 is 40.2 Å². The number of alkyl halides is 3. The largest absolute Gasteiger partial charge is 0.495 e. The number of hydrogen-bond donors (Lipinski definition) is 2. The van der Waals surface area contributed by atoms with Gasteiger partial charge in [0.05, 0.1) is 29.1 Å². The first-order valence-electron chi connectivity index (χ1n) is 10.1. The maximum absolute atomic E-state index is 12.9. The van der Waals surface area contributed by atoms with E-state index in [1.165, 1.54) is 11.1 Å². The van der Waals surface area contributed by atoms with Crippen LogP contribution >= 0.6 is 23.8 Å². The fourth-order valence-electron chi connectivity index (χ4n) is 3.65. The third-order valence-electron chi connectivity index (χ3n) is 5.34. The van der Waals surface area contributed by atoms with E-state index in [0.29, 0.717) is 59.7 Å². The Labute approximate surface area is 201 Å². The van der Waals surface area contributed by atoms with Crippen molar-refractivity contribution in [2.75, 3.05) is 43.2 Å². The molecule has 0 atom stereocenters. The van der Waals surface area contributed by atoms with Crippen LogP contribution in [0.3, 0.4) is 0 Å². The summed E-state index contributed by atoms with van der Waals surface area (Å²) in [7, 11) is 1.55. The second kappa shape index (κ2) is 10.1. The molecule has 3 rings (SSSR count). The van der Waals surface area contributed by atoms with E-state index in [2.05, 4.69) is 0 Å². The molecule has 6 nitrogen and oxygen atoms in total. The zero-order valence-corrected chi connectivity index (χ0v) is 19.8. The van der Waals surface area contributed by atoms with Crippen molar-refractivity contribution in [1.29, 1.82) is 0 Å². The highest BCUT2D eigenvalue weighted by atomic mass is 35.5.